The van der Waals surface area contributed by atoms with Crippen LogP contribution in [0.4, 0.5) is 0 Å². The number of nitrogens with zero attached hydrogens (tertiary/aromatic N) is 1. The van der Waals surface area contributed by atoms with Gasteiger partial charge in [0, 0.05) is 11.6 Å². The van der Waals surface area contributed by atoms with Crippen LogP contribution in [0.1, 0.15) is 24.8 Å². The molecule has 0 heterocycles. The Hall–Kier alpha value is -0.990. The second kappa shape index (κ2) is 5.42. The molecular weight excluding hydrogens is 270 g/mol. The van der Waals surface area contributed by atoms with E-state index in [0.717, 1.165) is 23.9 Å². The van der Waals surface area contributed by atoms with Gasteiger partial charge in [-0.2, -0.15) is 0 Å². The Morgan fingerprint density at radius 1 is 1.25 bits per heavy atom. The van der Waals surface area contributed by atoms with Gasteiger partial charge < -0.3 is 10.0 Å². The second-order valence-corrected chi connectivity index (χ2v) is 6.96. The summed E-state index contributed by atoms with van der Waals surface area (Å²) in [5.41, 5.74) is 2.48. The molecule has 1 aromatic carbocycles. The van der Waals surface area contributed by atoms with E-state index < -0.39 is 0 Å². The number of hydrogen-bond donors (Lipinski definition) is 1. The number of rotatable bonds is 3. The quantitative estimate of drug-likeness (QED) is 0.908. The molecular formula is C17H22ClNO. The van der Waals surface area contributed by atoms with Crippen molar-refractivity contribution in [3.8, 4) is 5.75 Å². The Morgan fingerprint density at radius 2 is 2.05 bits per heavy atom. The molecule has 1 saturated carbocycles. The van der Waals surface area contributed by atoms with Gasteiger partial charge in [0.25, 0.3) is 0 Å². The van der Waals surface area contributed by atoms with Gasteiger partial charge in [0.15, 0.2) is 0 Å². The van der Waals surface area contributed by atoms with Crippen molar-refractivity contribution in [3.05, 3.63) is 34.9 Å². The van der Waals surface area contributed by atoms with Crippen molar-refractivity contribution in [1.29, 1.82) is 0 Å². The van der Waals surface area contributed by atoms with E-state index in [0.29, 0.717) is 10.9 Å². The van der Waals surface area contributed by atoms with Gasteiger partial charge >= 0.3 is 0 Å². The lowest BCUT2D eigenvalue weighted by atomic mass is 9.76. The topological polar surface area (TPSA) is 23.5 Å². The van der Waals surface area contributed by atoms with E-state index in [9.17, 15) is 5.11 Å². The molecule has 3 heteroatoms. The maximum atomic E-state index is 9.82. The number of phenols is 1. The molecule has 2 bridgehead atoms. The van der Waals surface area contributed by atoms with E-state index in [2.05, 4.69) is 25.1 Å². The highest BCUT2D eigenvalue weighted by Gasteiger charge is 2.37. The van der Waals surface area contributed by atoms with E-state index >= 15 is 0 Å². The van der Waals surface area contributed by atoms with Crippen LogP contribution >= 0.6 is 11.6 Å². The van der Waals surface area contributed by atoms with Crippen molar-refractivity contribution in [3.63, 3.8) is 0 Å². The Balaban J connectivity index is 1.99. The maximum absolute atomic E-state index is 9.82. The number of halogens is 1. The summed E-state index contributed by atoms with van der Waals surface area (Å²) >= 11 is 6.11. The Kier molecular flexibility index (Phi) is 3.78. The van der Waals surface area contributed by atoms with E-state index in [1.807, 2.05) is 12.1 Å². The number of aromatic hydroxyl groups is 1. The largest absolute Gasteiger partial charge is 0.508 e. The highest BCUT2D eigenvalue weighted by molar-refractivity contribution is 6.30. The third kappa shape index (κ3) is 2.72. The molecule has 1 aromatic rings. The number of allylic oxidation sites excluding steroid dienone is 1. The maximum Gasteiger partial charge on any atom is 0.117 e. The van der Waals surface area contributed by atoms with E-state index in [-0.39, 0.29) is 5.75 Å². The summed E-state index contributed by atoms with van der Waals surface area (Å²) < 4.78 is 0. The van der Waals surface area contributed by atoms with Crippen molar-refractivity contribution in [2.24, 2.45) is 17.8 Å². The SMILES string of the molecule is CN(C)C[C@@H]1C(c2cc(O)cc(Cl)c2)=C[C@H]2CC[C@@H]1C2. The Morgan fingerprint density at radius 3 is 2.75 bits per heavy atom. The summed E-state index contributed by atoms with van der Waals surface area (Å²) in [6.45, 7) is 1.07. The average molecular weight is 292 g/mol. The van der Waals surface area contributed by atoms with Crippen LogP contribution < -0.4 is 0 Å². The highest BCUT2D eigenvalue weighted by atomic mass is 35.5. The van der Waals surface area contributed by atoms with Gasteiger partial charge in [0.1, 0.15) is 5.75 Å². The zero-order valence-corrected chi connectivity index (χ0v) is 12.9. The van der Waals surface area contributed by atoms with Crippen molar-refractivity contribution in [1.82, 2.24) is 4.90 Å². The third-order valence-corrected chi connectivity index (χ3v) is 4.89. The molecule has 0 unspecified atom stereocenters. The first-order valence-electron chi connectivity index (χ1n) is 7.39. The lowest BCUT2D eigenvalue weighted by Crippen LogP contribution is -2.29. The smallest absolute Gasteiger partial charge is 0.117 e. The lowest BCUT2D eigenvalue weighted by Gasteiger charge is -2.32. The number of phenolic OH excluding ortho intramolecular Hbond substituents is 1. The van der Waals surface area contributed by atoms with Gasteiger partial charge in [-0.1, -0.05) is 17.7 Å². The molecule has 2 nitrogen and oxygen atoms in total. The fourth-order valence-corrected chi connectivity index (χ4v) is 4.12. The number of benzene rings is 1. The molecule has 3 atom stereocenters. The van der Waals surface area contributed by atoms with Gasteiger partial charge in [0.2, 0.25) is 0 Å². The summed E-state index contributed by atoms with van der Waals surface area (Å²) in [6, 6.07) is 5.44. The summed E-state index contributed by atoms with van der Waals surface area (Å²) in [7, 11) is 4.27. The zero-order valence-electron chi connectivity index (χ0n) is 12.1. The van der Waals surface area contributed by atoms with Crippen molar-refractivity contribution >= 4 is 17.2 Å². The zero-order chi connectivity index (χ0) is 14.3. The fourth-order valence-electron chi connectivity index (χ4n) is 3.89. The van der Waals surface area contributed by atoms with Crippen LogP contribution in [0.3, 0.4) is 0 Å². The molecule has 0 radical (unpaired) electrons. The molecule has 0 spiro atoms. The van der Waals surface area contributed by atoms with E-state index in [4.69, 9.17) is 11.6 Å². The summed E-state index contributed by atoms with van der Waals surface area (Å²) in [5.74, 6) is 2.31. The van der Waals surface area contributed by atoms with Crippen LogP contribution in [0.2, 0.25) is 5.02 Å². The minimum atomic E-state index is 0.259. The normalized spacial score (nSPS) is 28.8. The second-order valence-electron chi connectivity index (χ2n) is 6.52. The molecule has 20 heavy (non-hydrogen) atoms. The highest BCUT2D eigenvalue weighted by Crippen LogP contribution is 2.48. The average Bonchev–Trinajstić information content (AvgIpc) is 2.74. The van der Waals surface area contributed by atoms with E-state index in [1.54, 1.807) is 6.07 Å². The van der Waals surface area contributed by atoms with Crippen LogP contribution in [0.15, 0.2) is 24.3 Å². The van der Waals surface area contributed by atoms with Gasteiger partial charge in [-0.15, -0.1) is 0 Å². The lowest BCUT2D eigenvalue weighted by molar-refractivity contribution is 0.289. The molecule has 2 aliphatic carbocycles. The molecule has 0 aromatic heterocycles. The predicted octanol–water partition coefficient (Wildman–Crippen LogP) is 4.04. The third-order valence-electron chi connectivity index (χ3n) is 4.68. The first kappa shape index (κ1) is 14.0. The standard InChI is InChI=1S/C17H22ClNO/c1-19(2)10-17-12-4-3-11(5-12)6-16(17)13-7-14(18)9-15(20)8-13/h6-9,11-12,17,20H,3-5,10H2,1-2H3/t11-,12+,17-/m0/s1. The van der Waals surface area contributed by atoms with Crippen molar-refractivity contribution in [2.45, 2.75) is 19.3 Å². The molecule has 0 amide bonds. The molecule has 2 aliphatic rings. The summed E-state index contributed by atoms with van der Waals surface area (Å²) in [6.07, 6.45) is 6.40. The van der Waals surface area contributed by atoms with Crippen LogP contribution in [0.5, 0.6) is 5.75 Å². The van der Waals surface area contributed by atoms with Gasteiger partial charge in [0.05, 0.1) is 0 Å². The monoisotopic (exact) mass is 291 g/mol. The van der Waals surface area contributed by atoms with Gasteiger partial charge in [-0.3, -0.25) is 0 Å². The van der Waals surface area contributed by atoms with Gasteiger partial charge in [-0.05, 0) is 80.4 Å². The van der Waals surface area contributed by atoms with Crippen LogP contribution in [0.25, 0.3) is 5.57 Å². The molecule has 3 rings (SSSR count). The Labute approximate surface area is 126 Å². The molecule has 0 saturated heterocycles. The summed E-state index contributed by atoms with van der Waals surface area (Å²) in [4.78, 5) is 2.27. The van der Waals surface area contributed by atoms with Crippen LogP contribution in [0, 0.1) is 17.8 Å². The first-order valence-corrected chi connectivity index (χ1v) is 7.77. The van der Waals surface area contributed by atoms with Crippen LogP contribution in [-0.4, -0.2) is 30.6 Å². The fraction of sp³-hybridized carbons (Fsp3) is 0.529. The molecule has 0 aliphatic heterocycles. The molecule has 108 valence electrons. The van der Waals surface area contributed by atoms with Gasteiger partial charge in [-0.25, -0.2) is 0 Å². The summed E-state index contributed by atoms with van der Waals surface area (Å²) in [5, 5.41) is 10.4. The Bertz CT molecular complexity index is 518. The first-order chi connectivity index (χ1) is 9.52. The van der Waals surface area contributed by atoms with E-state index in [1.165, 1.54) is 24.8 Å². The van der Waals surface area contributed by atoms with Crippen molar-refractivity contribution in [2.75, 3.05) is 20.6 Å². The minimum absolute atomic E-state index is 0.259. The van der Waals surface area contributed by atoms with Crippen molar-refractivity contribution < 1.29 is 5.11 Å². The number of hydrogen-bond acceptors (Lipinski definition) is 2. The molecule has 1 N–H and O–H groups in total. The molecule has 1 fully saturated rings. The van der Waals surface area contributed by atoms with Crippen LogP contribution in [-0.2, 0) is 0 Å². The predicted molar refractivity (Wildman–Crippen MR) is 84.0 cm³/mol. The minimum Gasteiger partial charge on any atom is -0.508 e. The number of fused-ring (bicyclic) bond motifs is 2.